The summed E-state index contributed by atoms with van der Waals surface area (Å²) in [5, 5.41) is 24.9. The minimum atomic E-state index is -4.04. The first-order chi connectivity index (χ1) is 25.1. The summed E-state index contributed by atoms with van der Waals surface area (Å²) in [4.78, 5) is 39.8. The van der Waals surface area contributed by atoms with Crippen LogP contribution in [0.15, 0.2) is 70.8 Å². The van der Waals surface area contributed by atoms with Gasteiger partial charge >= 0.3 is 5.97 Å². The first kappa shape index (κ1) is 37.1. The van der Waals surface area contributed by atoms with E-state index < -0.39 is 45.9 Å². The van der Waals surface area contributed by atoms with Crippen molar-refractivity contribution >= 4 is 50.0 Å². The lowest BCUT2D eigenvalue weighted by Gasteiger charge is -2.46. The van der Waals surface area contributed by atoms with Crippen LogP contribution in [0.4, 0.5) is 11.4 Å². The summed E-state index contributed by atoms with van der Waals surface area (Å²) in [5.41, 5.74) is 9.13. The summed E-state index contributed by atoms with van der Waals surface area (Å²) in [5.74, 6) is -2.90. The van der Waals surface area contributed by atoms with Gasteiger partial charge < -0.3 is 26.2 Å². The SMILES string of the molecule is CC(O)C1C(=O)N2C(C(=O)O)=C(CN3c4cccc5cc(CCC6(C)CCC(C)(CC(=O)Nc7ccc(CCN)cc7)CC6)cc(c45)S3(=O)=O)C(C)C12. The number of hydrogen-bond acceptors (Lipinski definition) is 7. The van der Waals surface area contributed by atoms with E-state index in [0.717, 1.165) is 60.7 Å². The summed E-state index contributed by atoms with van der Waals surface area (Å²) in [7, 11) is -4.04. The molecule has 0 bridgehead atoms. The predicted octanol–water partition coefficient (Wildman–Crippen LogP) is 5.59. The van der Waals surface area contributed by atoms with E-state index in [-0.39, 0.29) is 33.9 Å². The molecular weight excluding hydrogens is 693 g/mol. The van der Waals surface area contributed by atoms with E-state index in [1.54, 1.807) is 19.1 Å². The van der Waals surface area contributed by atoms with Gasteiger partial charge in [-0.05, 0) is 116 Å². The number of carbonyl (C=O) groups excluding carboxylic acids is 2. The van der Waals surface area contributed by atoms with E-state index in [1.807, 2.05) is 36.4 Å². The Kier molecular flexibility index (Phi) is 9.48. The number of carbonyl (C=O) groups is 3. The minimum Gasteiger partial charge on any atom is -0.477 e. The highest BCUT2D eigenvalue weighted by Crippen LogP contribution is 2.51. The molecule has 53 heavy (non-hydrogen) atoms. The number of rotatable bonds is 12. The van der Waals surface area contributed by atoms with E-state index in [1.165, 1.54) is 16.1 Å². The first-order valence-corrected chi connectivity index (χ1v) is 20.1. The quantitative estimate of drug-likeness (QED) is 0.174. The van der Waals surface area contributed by atoms with Crippen LogP contribution in [0.5, 0.6) is 0 Å². The van der Waals surface area contributed by atoms with Crippen molar-refractivity contribution in [3.8, 4) is 0 Å². The van der Waals surface area contributed by atoms with Gasteiger partial charge in [0, 0.05) is 23.4 Å². The number of hydrogen-bond donors (Lipinski definition) is 4. The molecule has 3 aromatic rings. The molecule has 0 radical (unpaired) electrons. The van der Waals surface area contributed by atoms with Crippen molar-refractivity contribution in [2.45, 2.75) is 96.1 Å². The minimum absolute atomic E-state index is 0.0201. The standard InChI is InChI=1S/C41H50N4O7S/c1-24-30(37(39(49)50)45-36(24)34(25(2)46)38(45)48)23-44-31-7-5-6-28-20-27(21-32(35(28)31)53(44,51)52)12-14-40(3)15-17-41(4,18-16-40)22-33(47)43-29-10-8-26(9-11-29)13-19-42/h5-11,20-21,24-25,34,36,46H,12-19,22-23,42H2,1-4H3,(H,43,47)(H,49,50). The third-order valence-electron chi connectivity index (χ3n) is 12.6. The summed E-state index contributed by atoms with van der Waals surface area (Å²) < 4.78 is 29.9. The van der Waals surface area contributed by atoms with Gasteiger partial charge in [0.1, 0.15) is 5.70 Å². The van der Waals surface area contributed by atoms with E-state index in [2.05, 4.69) is 25.2 Å². The molecule has 11 nitrogen and oxygen atoms in total. The number of aliphatic carboxylic acids is 1. The van der Waals surface area contributed by atoms with Crippen molar-refractivity contribution in [2.75, 3.05) is 22.7 Å². The second kappa shape index (κ2) is 13.5. The van der Waals surface area contributed by atoms with Crippen molar-refractivity contribution in [1.82, 2.24) is 4.90 Å². The molecular formula is C41H50N4O7S. The number of aliphatic hydroxyl groups excluding tert-OH is 1. The van der Waals surface area contributed by atoms with Crippen LogP contribution in [0.3, 0.4) is 0 Å². The van der Waals surface area contributed by atoms with Crippen LogP contribution in [0, 0.1) is 22.7 Å². The number of fused-ring (bicyclic) bond motifs is 1. The molecule has 0 spiro atoms. The number of carboxylic acids is 1. The molecule has 3 aliphatic heterocycles. The number of nitrogens with one attached hydrogen (secondary N) is 1. The second-order valence-corrected chi connectivity index (χ2v) is 18.3. The maximum atomic E-state index is 14.3. The molecule has 1 aliphatic carbocycles. The molecule has 3 heterocycles. The largest absolute Gasteiger partial charge is 0.477 e. The summed E-state index contributed by atoms with van der Waals surface area (Å²) in [6.07, 6.45) is 5.68. The molecule has 12 heteroatoms. The average Bonchev–Trinajstić information content (AvgIpc) is 3.47. The molecule has 2 amide bonds. The number of carboxylic acid groups (broad SMARTS) is 1. The van der Waals surface area contributed by atoms with Crippen LogP contribution in [0.2, 0.25) is 0 Å². The Hall–Kier alpha value is -4.26. The van der Waals surface area contributed by atoms with Gasteiger partial charge in [-0.2, -0.15) is 0 Å². The average molecular weight is 743 g/mol. The topological polar surface area (TPSA) is 170 Å². The number of amides is 2. The first-order valence-electron chi connectivity index (χ1n) is 18.7. The smallest absolute Gasteiger partial charge is 0.352 e. The Morgan fingerprint density at radius 1 is 1.00 bits per heavy atom. The van der Waals surface area contributed by atoms with E-state index in [0.29, 0.717) is 36.0 Å². The number of aliphatic hydroxyl groups is 1. The Morgan fingerprint density at radius 2 is 1.68 bits per heavy atom. The molecule has 0 aromatic heterocycles. The monoisotopic (exact) mass is 742 g/mol. The molecule has 4 unspecified atom stereocenters. The maximum Gasteiger partial charge on any atom is 0.352 e. The lowest BCUT2D eigenvalue weighted by atomic mass is 9.62. The van der Waals surface area contributed by atoms with Crippen molar-refractivity contribution in [1.29, 1.82) is 0 Å². The lowest BCUT2D eigenvalue weighted by Crippen LogP contribution is -2.63. The number of nitrogens with zero attached hydrogens (tertiary/aromatic N) is 2. The lowest BCUT2D eigenvalue weighted by molar-refractivity contribution is -0.163. The fourth-order valence-electron chi connectivity index (χ4n) is 9.25. The fourth-order valence-corrected chi connectivity index (χ4v) is 11.0. The van der Waals surface area contributed by atoms with Crippen LogP contribution in [0.25, 0.3) is 10.8 Å². The van der Waals surface area contributed by atoms with Gasteiger partial charge in [-0.1, -0.05) is 51.1 Å². The number of β-lactam (4-membered cyclic amide) rings is 1. The predicted molar refractivity (Wildman–Crippen MR) is 204 cm³/mol. The molecule has 7 rings (SSSR count). The van der Waals surface area contributed by atoms with Crippen LogP contribution >= 0.6 is 0 Å². The van der Waals surface area contributed by atoms with Crippen LogP contribution in [-0.4, -0.2) is 66.5 Å². The van der Waals surface area contributed by atoms with Crippen LogP contribution in [0.1, 0.15) is 77.3 Å². The number of sulfonamides is 1. The Bertz CT molecular complexity index is 2120. The van der Waals surface area contributed by atoms with Gasteiger partial charge in [0.25, 0.3) is 10.0 Å². The zero-order valence-corrected chi connectivity index (χ0v) is 31.7. The number of benzene rings is 3. The normalized spacial score (nSPS) is 27.9. The van der Waals surface area contributed by atoms with Crippen molar-refractivity contribution < 1.29 is 33.0 Å². The Morgan fingerprint density at radius 3 is 2.32 bits per heavy atom. The van der Waals surface area contributed by atoms with Gasteiger partial charge in [-0.15, -0.1) is 0 Å². The van der Waals surface area contributed by atoms with Crippen LogP contribution < -0.4 is 15.4 Å². The molecule has 2 fully saturated rings. The number of nitrogens with two attached hydrogens (primary N) is 1. The fraction of sp³-hybridized carbons (Fsp3) is 0.488. The Balaban J connectivity index is 1.03. The summed E-state index contributed by atoms with van der Waals surface area (Å²) in [6, 6.07) is 16.6. The number of anilines is 2. The number of aryl methyl sites for hydroxylation is 1. The highest BCUT2D eigenvalue weighted by atomic mass is 32.2. The third kappa shape index (κ3) is 6.52. The van der Waals surface area contributed by atoms with E-state index in [4.69, 9.17) is 5.73 Å². The van der Waals surface area contributed by atoms with Crippen molar-refractivity contribution in [3.63, 3.8) is 0 Å². The molecule has 1 saturated carbocycles. The molecule has 5 N–H and O–H groups in total. The highest BCUT2D eigenvalue weighted by molar-refractivity contribution is 7.93. The summed E-state index contributed by atoms with van der Waals surface area (Å²) in [6.45, 7) is 8.19. The molecule has 1 saturated heterocycles. The summed E-state index contributed by atoms with van der Waals surface area (Å²) >= 11 is 0. The van der Waals surface area contributed by atoms with E-state index in [9.17, 15) is 33.0 Å². The Labute approximate surface area is 311 Å². The maximum absolute atomic E-state index is 14.3. The van der Waals surface area contributed by atoms with Crippen molar-refractivity contribution in [2.24, 2.45) is 28.4 Å². The zero-order valence-electron chi connectivity index (χ0n) is 30.9. The van der Waals surface area contributed by atoms with E-state index >= 15 is 0 Å². The highest BCUT2D eigenvalue weighted by Gasteiger charge is 2.60. The van der Waals surface area contributed by atoms with Gasteiger partial charge in [0.05, 0.1) is 35.2 Å². The van der Waals surface area contributed by atoms with Crippen LogP contribution in [-0.2, 0) is 37.2 Å². The van der Waals surface area contributed by atoms with Gasteiger partial charge in [-0.3, -0.25) is 13.9 Å². The van der Waals surface area contributed by atoms with Crippen molar-refractivity contribution in [3.05, 3.63) is 77.0 Å². The second-order valence-electron chi connectivity index (χ2n) is 16.5. The zero-order chi connectivity index (χ0) is 38.0. The third-order valence-corrected chi connectivity index (χ3v) is 14.4. The molecule has 282 valence electrons. The van der Waals surface area contributed by atoms with Gasteiger partial charge in [0.2, 0.25) is 11.8 Å². The van der Waals surface area contributed by atoms with Gasteiger partial charge in [0.15, 0.2) is 0 Å². The molecule has 4 aliphatic rings. The molecule has 3 aromatic carbocycles. The molecule has 4 atom stereocenters. The van der Waals surface area contributed by atoms with Gasteiger partial charge in [-0.25, -0.2) is 13.2 Å².